The van der Waals surface area contributed by atoms with Crippen molar-refractivity contribution in [3.8, 4) is 6.01 Å². The standard InChI is InChI=1S/C13H15BrClN5O/c1-3-6-21-13-19-11(16-2)18-12(20-13)17-10-5-4-8(15)7-9(10)14/h4-5,7H,3,6H2,1-2H3,(H2,16,17,18,19,20). The second-order valence-corrected chi connectivity index (χ2v) is 5.40. The second kappa shape index (κ2) is 7.42. The number of halogens is 2. The van der Waals surface area contributed by atoms with Gasteiger partial charge >= 0.3 is 6.01 Å². The maximum absolute atomic E-state index is 5.92. The molecular formula is C13H15BrClN5O. The van der Waals surface area contributed by atoms with E-state index in [-0.39, 0.29) is 6.01 Å². The largest absolute Gasteiger partial charge is 0.463 e. The first kappa shape index (κ1) is 15.8. The van der Waals surface area contributed by atoms with Gasteiger partial charge in [0, 0.05) is 16.5 Å². The van der Waals surface area contributed by atoms with Crippen molar-refractivity contribution in [1.82, 2.24) is 15.0 Å². The van der Waals surface area contributed by atoms with Crippen LogP contribution in [-0.2, 0) is 0 Å². The molecule has 8 heteroatoms. The molecular weight excluding hydrogens is 358 g/mol. The third-order valence-electron chi connectivity index (χ3n) is 2.45. The molecule has 0 fully saturated rings. The van der Waals surface area contributed by atoms with Crippen molar-refractivity contribution in [2.24, 2.45) is 0 Å². The number of rotatable bonds is 6. The summed E-state index contributed by atoms with van der Waals surface area (Å²) >= 11 is 9.36. The zero-order chi connectivity index (χ0) is 15.2. The predicted molar refractivity (Wildman–Crippen MR) is 87.6 cm³/mol. The van der Waals surface area contributed by atoms with Crippen molar-refractivity contribution in [3.05, 3.63) is 27.7 Å². The van der Waals surface area contributed by atoms with E-state index in [1.165, 1.54) is 0 Å². The lowest BCUT2D eigenvalue weighted by Gasteiger charge is -2.10. The Bertz CT molecular complexity index is 626. The van der Waals surface area contributed by atoms with E-state index in [0.29, 0.717) is 23.5 Å². The highest BCUT2D eigenvalue weighted by Gasteiger charge is 2.08. The summed E-state index contributed by atoms with van der Waals surface area (Å²) < 4.78 is 6.27. The Kier molecular flexibility index (Phi) is 5.58. The molecule has 2 N–H and O–H groups in total. The number of nitrogens with zero attached hydrogens (tertiary/aromatic N) is 3. The van der Waals surface area contributed by atoms with Crippen LogP contribution in [0.25, 0.3) is 0 Å². The molecule has 0 bridgehead atoms. The number of hydrogen-bond donors (Lipinski definition) is 2. The van der Waals surface area contributed by atoms with E-state index in [2.05, 4.69) is 41.5 Å². The number of nitrogens with one attached hydrogen (secondary N) is 2. The lowest BCUT2D eigenvalue weighted by Crippen LogP contribution is -2.07. The lowest BCUT2D eigenvalue weighted by molar-refractivity contribution is 0.292. The minimum atomic E-state index is 0.281. The number of anilines is 3. The third kappa shape index (κ3) is 4.44. The van der Waals surface area contributed by atoms with Gasteiger partial charge in [0.2, 0.25) is 11.9 Å². The highest BCUT2D eigenvalue weighted by atomic mass is 79.9. The molecule has 0 amide bonds. The molecule has 0 aliphatic carbocycles. The van der Waals surface area contributed by atoms with Crippen LogP contribution in [0.2, 0.25) is 5.02 Å². The maximum atomic E-state index is 5.92. The van der Waals surface area contributed by atoms with Gasteiger partial charge in [-0.25, -0.2) is 0 Å². The van der Waals surface area contributed by atoms with Gasteiger partial charge in [0.1, 0.15) is 0 Å². The topological polar surface area (TPSA) is 72.0 Å². The average molecular weight is 373 g/mol. The zero-order valence-corrected chi connectivity index (χ0v) is 14.0. The monoisotopic (exact) mass is 371 g/mol. The van der Waals surface area contributed by atoms with Gasteiger partial charge in [-0.05, 0) is 40.5 Å². The maximum Gasteiger partial charge on any atom is 0.323 e. The molecule has 1 aromatic heterocycles. The Balaban J connectivity index is 2.25. The molecule has 0 saturated carbocycles. The van der Waals surface area contributed by atoms with Crippen LogP contribution < -0.4 is 15.4 Å². The number of aromatic nitrogens is 3. The minimum absolute atomic E-state index is 0.281. The summed E-state index contributed by atoms with van der Waals surface area (Å²) in [4.78, 5) is 12.6. The van der Waals surface area contributed by atoms with Crippen LogP contribution in [0.15, 0.2) is 22.7 Å². The van der Waals surface area contributed by atoms with E-state index < -0.39 is 0 Å². The zero-order valence-electron chi connectivity index (χ0n) is 11.7. The van der Waals surface area contributed by atoms with Gasteiger partial charge in [-0.1, -0.05) is 18.5 Å². The fourth-order valence-corrected chi connectivity index (χ4v) is 2.28. The summed E-state index contributed by atoms with van der Waals surface area (Å²) in [7, 11) is 1.74. The third-order valence-corrected chi connectivity index (χ3v) is 3.34. The molecule has 0 saturated heterocycles. The van der Waals surface area contributed by atoms with Gasteiger partial charge in [0.05, 0.1) is 12.3 Å². The van der Waals surface area contributed by atoms with Gasteiger partial charge in [-0.3, -0.25) is 0 Å². The lowest BCUT2D eigenvalue weighted by atomic mass is 10.3. The smallest absolute Gasteiger partial charge is 0.323 e. The normalized spacial score (nSPS) is 10.3. The quantitative estimate of drug-likeness (QED) is 0.802. The highest BCUT2D eigenvalue weighted by Crippen LogP contribution is 2.28. The van der Waals surface area contributed by atoms with Crippen molar-refractivity contribution < 1.29 is 4.74 Å². The predicted octanol–water partition coefficient (Wildman–Crippen LogP) is 3.86. The Labute approximate surface area is 136 Å². The summed E-state index contributed by atoms with van der Waals surface area (Å²) in [5.74, 6) is 0.826. The Morgan fingerprint density at radius 1 is 1.24 bits per heavy atom. The van der Waals surface area contributed by atoms with Crippen LogP contribution in [0.3, 0.4) is 0 Å². The van der Waals surface area contributed by atoms with Crippen molar-refractivity contribution in [3.63, 3.8) is 0 Å². The second-order valence-electron chi connectivity index (χ2n) is 4.11. The summed E-state index contributed by atoms with van der Waals surface area (Å²) in [5.41, 5.74) is 0.800. The van der Waals surface area contributed by atoms with Crippen LogP contribution in [0.5, 0.6) is 6.01 Å². The first-order chi connectivity index (χ1) is 10.1. The summed E-state index contributed by atoms with van der Waals surface area (Å²) in [6.45, 7) is 2.57. The molecule has 1 aromatic carbocycles. The number of hydrogen-bond acceptors (Lipinski definition) is 6. The molecule has 0 aliphatic rings. The van der Waals surface area contributed by atoms with Crippen molar-refractivity contribution in [1.29, 1.82) is 0 Å². The molecule has 21 heavy (non-hydrogen) atoms. The first-order valence-corrected chi connectivity index (χ1v) is 7.58. The number of ether oxygens (including phenoxy) is 1. The summed E-state index contributed by atoms with van der Waals surface area (Å²) in [6.07, 6.45) is 0.881. The van der Waals surface area contributed by atoms with Gasteiger partial charge in [-0.15, -0.1) is 0 Å². The highest BCUT2D eigenvalue weighted by molar-refractivity contribution is 9.10. The van der Waals surface area contributed by atoms with Crippen LogP contribution in [0.4, 0.5) is 17.6 Å². The van der Waals surface area contributed by atoms with Crippen molar-refractivity contribution >= 4 is 45.1 Å². The van der Waals surface area contributed by atoms with E-state index in [4.69, 9.17) is 16.3 Å². The van der Waals surface area contributed by atoms with Gasteiger partial charge in [0.25, 0.3) is 0 Å². The Hall–Kier alpha value is -1.60. The van der Waals surface area contributed by atoms with E-state index in [1.807, 2.05) is 13.0 Å². The van der Waals surface area contributed by atoms with Gasteiger partial charge in [0.15, 0.2) is 0 Å². The van der Waals surface area contributed by atoms with Crippen LogP contribution in [0.1, 0.15) is 13.3 Å². The molecule has 6 nitrogen and oxygen atoms in total. The Morgan fingerprint density at radius 3 is 2.67 bits per heavy atom. The molecule has 1 heterocycles. The summed E-state index contributed by atoms with van der Waals surface area (Å²) in [5, 5.41) is 6.63. The molecule has 0 unspecified atom stereocenters. The van der Waals surface area contributed by atoms with E-state index in [9.17, 15) is 0 Å². The molecule has 0 radical (unpaired) electrons. The van der Waals surface area contributed by atoms with Gasteiger partial charge < -0.3 is 15.4 Å². The van der Waals surface area contributed by atoms with E-state index >= 15 is 0 Å². The fourth-order valence-electron chi connectivity index (χ4n) is 1.49. The van der Waals surface area contributed by atoms with Crippen LogP contribution in [-0.4, -0.2) is 28.6 Å². The number of benzene rings is 1. The van der Waals surface area contributed by atoms with Gasteiger partial charge in [-0.2, -0.15) is 15.0 Å². The minimum Gasteiger partial charge on any atom is -0.463 e. The van der Waals surface area contributed by atoms with E-state index in [0.717, 1.165) is 16.6 Å². The SMILES string of the molecule is CCCOc1nc(NC)nc(Nc2ccc(Cl)cc2Br)n1. The summed E-state index contributed by atoms with van der Waals surface area (Å²) in [6, 6.07) is 5.69. The average Bonchev–Trinajstić information content (AvgIpc) is 2.48. The first-order valence-electron chi connectivity index (χ1n) is 6.41. The fraction of sp³-hybridized carbons (Fsp3) is 0.308. The Morgan fingerprint density at radius 2 is 2.00 bits per heavy atom. The molecule has 0 aliphatic heterocycles. The molecule has 0 spiro atoms. The molecule has 2 rings (SSSR count). The molecule has 0 atom stereocenters. The van der Waals surface area contributed by atoms with Crippen LogP contribution >= 0.6 is 27.5 Å². The van der Waals surface area contributed by atoms with Crippen molar-refractivity contribution in [2.75, 3.05) is 24.3 Å². The molecule has 2 aromatic rings. The molecule has 112 valence electrons. The van der Waals surface area contributed by atoms with Crippen LogP contribution in [0, 0.1) is 0 Å². The van der Waals surface area contributed by atoms with Crippen molar-refractivity contribution in [2.45, 2.75) is 13.3 Å². The van der Waals surface area contributed by atoms with E-state index in [1.54, 1.807) is 19.2 Å².